The monoisotopic (exact) mass is 1850 g/mol. The van der Waals surface area contributed by atoms with Gasteiger partial charge < -0.3 is 31.2 Å². The molecule has 2 aliphatic heterocycles. The Morgan fingerprint density at radius 3 is 0.597 bits per heavy atom. The average Bonchev–Trinajstić information content (AvgIpc) is 1.64. The summed E-state index contributed by atoms with van der Waals surface area (Å²) in [6, 6.07) is 70.1. The van der Waals surface area contributed by atoms with Crippen LogP contribution in [0.4, 0.5) is 101 Å². The molecule has 11 aromatic rings. The Morgan fingerprint density at radius 2 is 0.427 bits per heavy atom. The first-order valence-electron chi connectivity index (χ1n) is 36.4. The number of carbonyl (C=O) groups excluding carboxylic acids is 4. The van der Waals surface area contributed by atoms with E-state index >= 15 is 0 Å². The number of pyridine rings is 4. The third kappa shape index (κ3) is 34.0. The van der Waals surface area contributed by atoms with E-state index < -0.39 is 31.2 Å². The van der Waals surface area contributed by atoms with Gasteiger partial charge in [0.05, 0.1) is 91.3 Å². The zero-order valence-corrected chi connectivity index (χ0v) is 68.3. The molecule has 44 heteroatoms. The zero-order chi connectivity index (χ0) is 91.7. The molecule has 8 bridgehead atoms. The molecule has 13 rings (SSSR count). The summed E-state index contributed by atoms with van der Waals surface area (Å²) in [4.78, 5) is 76.3. The van der Waals surface area contributed by atoms with Gasteiger partial charge in [-0.05, 0) is 123 Å². The number of benzene rings is 4. The maximum absolute atomic E-state index is 14.3. The van der Waals surface area contributed by atoms with Crippen LogP contribution in [0.2, 0.25) is 0 Å². The number of rotatable bonds is 20. The fraction of sp³-hybridized carbons (Fsp3) is 0.150. The van der Waals surface area contributed by atoms with Crippen LogP contribution in [0.5, 0.6) is 0 Å². The van der Waals surface area contributed by atoms with Gasteiger partial charge in [0.1, 0.15) is 0 Å². The van der Waals surface area contributed by atoms with E-state index in [1.54, 1.807) is 0 Å². The van der Waals surface area contributed by atoms with Gasteiger partial charge in [-0.3, -0.25) is 19.2 Å². The molecule has 4 atom stereocenters. The Balaban J connectivity index is 0.000000536. The van der Waals surface area contributed by atoms with E-state index in [9.17, 15) is 120 Å². The molecule has 9 heterocycles. The third-order valence-electron chi connectivity index (χ3n) is 17.5. The summed E-state index contributed by atoms with van der Waals surface area (Å²) < 4.78 is 245. The van der Waals surface area contributed by atoms with E-state index in [1.165, 1.54) is 0 Å². The molecule has 0 unspecified atom stereocenters. The molecule has 0 radical (unpaired) electrons. The summed E-state index contributed by atoms with van der Waals surface area (Å²) in [6.07, 6.45) is 15.6. The van der Waals surface area contributed by atoms with Crippen molar-refractivity contribution in [1.82, 2.24) is 41.2 Å². The molecule has 0 fully saturated rings. The normalized spacial score (nSPS) is 15.2. The van der Waals surface area contributed by atoms with Crippen molar-refractivity contribution in [2.24, 2.45) is 0 Å². The number of amides is 4. The number of halogens is 24. The van der Waals surface area contributed by atoms with E-state index in [4.69, 9.17) is 9.97 Å². The second kappa shape index (κ2) is 33.6. The molecular weight excluding hydrogens is 1770 g/mol. The van der Waals surface area contributed by atoms with Gasteiger partial charge in [0, 0.05) is 48.5 Å². The third-order valence-corrected chi connectivity index (χ3v) is 17.5. The molecule has 666 valence electrons. The fourth-order valence-electron chi connectivity index (χ4n) is 12.7. The molecule has 0 spiro atoms. The average molecular weight is 1850 g/mol. The van der Waals surface area contributed by atoms with Gasteiger partial charge in [0.15, 0.2) is 24.8 Å². The molecule has 7 aromatic heterocycles. The van der Waals surface area contributed by atoms with Gasteiger partial charge in [0.25, 0.3) is 23.6 Å². The van der Waals surface area contributed by atoms with Crippen LogP contribution < -0.4 is 39.5 Å². The van der Waals surface area contributed by atoms with E-state index in [0.29, 0.717) is 89.9 Å². The molecule has 6 N–H and O–H groups in total. The molecule has 0 aliphatic carbocycles. The molecule has 16 nitrogen and oxygen atoms in total. The maximum atomic E-state index is 14.3. The quantitative estimate of drug-likeness (QED) is 0.0250. The topological polar surface area (TPSA) is 189 Å². The van der Waals surface area contributed by atoms with Crippen molar-refractivity contribution in [3.8, 4) is 45.0 Å². The Bertz CT molecular complexity index is 5280. The Morgan fingerprint density at radius 1 is 0.266 bits per heavy atom. The summed E-state index contributed by atoms with van der Waals surface area (Å²) in [7, 11) is -42.6. The van der Waals surface area contributed by atoms with Gasteiger partial charge in [-0.25, -0.2) is 9.97 Å². The van der Waals surface area contributed by atoms with Crippen molar-refractivity contribution in [1.29, 1.82) is 0 Å². The van der Waals surface area contributed by atoms with Crippen LogP contribution in [0.25, 0.3) is 91.4 Å². The van der Waals surface area contributed by atoms with Crippen molar-refractivity contribution in [3.05, 3.63) is 288 Å². The van der Waals surface area contributed by atoms with Crippen LogP contribution in [-0.2, 0) is 45.4 Å². The summed E-state index contributed by atoms with van der Waals surface area (Å²) in [6.45, 7) is 7.85. The molecule has 0 saturated heterocycles. The second-order valence-electron chi connectivity index (χ2n) is 28.0. The summed E-state index contributed by atoms with van der Waals surface area (Å²) in [5.41, 5.74) is 14.6. The number of nitrogens with one attached hydrogen (secondary N) is 6. The van der Waals surface area contributed by atoms with Crippen molar-refractivity contribution in [2.45, 2.75) is 78.0 Å². The standard InChI is InChI=1S/C80H70N12O4.4F6P/c1-53(57-25-9-5-10-26-57)81-73(93)49-89-45-21-17-33-69(89)77-61-37-39-63(85-61)78(70-34-18-22-46-90(70)50-74(94)82-54(2)58-27-11-6-12-28-58)65-41-43-67(87-65)80(72-36-20-24-48-92(72)52-76(96)84-56(4)60-31-15-8-16-32-60)68-44-42-66(88-68)79(64-40-38-62(77)86-64)71-35-19-23-47-91(71)51-75(95)83-55(3)59-29-13-7-14-30-59;4*1-7(2,3,4,5)6/h5-48,53-56H,49-52H2,1-4H3,(H2-3,81,82,83,84,85,86,87,88,93,94,95,96);;;;/q;4*-1/p+4/t53-,54-,55-,56-;;;;/m1..../s1. The molecule has 124 heavy (non-hydrogen) atoms. The molecule has 4 amide bonds. The number of H-pyrrole nitrogens is 2. The van der Waals surface area contributed by atoms with Gasteiger partial charge in [-0.1, -0.05) is 121 Å². The first kappa shape index (κ1) is 95.8. The number of aromatic amines is 2. The van der Waals surface area contributed by atoms with Crippen LogP contribution >= 0.6 is 31.2 Å². The molecular formula is C80H74F24N12O4P4. The van der Waals surface area contributed by atoms with Gasteiger partial charge >= 0.3 is 132 Å². The van der Waals surface area contributed by atoms with Crippen LogP contribution in [0.1, 0.15) is 96.9 Å². The van der Waals surface area contributed by atoms with E-state index in [0.717, 1.165) is 22.3 Å². The first-order chi connectivity index (χ1) is 56.7. The van der Waals surface area contributed by atoms with Crippen molar-refractivity contribution >= 4 is 101 Å². The minimum absolute atomic E-state index is 0.0140. The van der Waals surface area contributed by atoms with Crippen LogP contribution in [-0.4, -0.2) is 43.6 Å². The number of hydrogen-bond donors (Lipinski definition) is 6. The number of fused-ring (bicyclic) bond motifs is 8. The number of hydrogen-bond acceptors (Lipinski definition) is 6. The minimum atomic E-state index is -10.7. The zero-order valence-electron chi connectivity index (χ0n) is 64.7. The van der Waals surface area contributed by atoms with Crippen molar-refractivity contribution < 1.29 is 138 Å². The van der Waals surface area contributed by atoms with Gasteiger partial charge in [-0.15, -0.1) is 0 Å². The molecule has 2 aliphatic rings. The van der Waals surface area contributed by atoms with Gasteiger partial charge in [-0.2, -0.15) is 18.3 Å². The Hall–Kier alpha value is -12.0. The molecule has 4 aromatic carbocycles. The van der Waals surface area contributed by atoms with Gasteiger partial charge in [0.2, 0.25) is 49.0 Å². The van der Waals surface area contributed by atoms with E-state index in [1.807, 2.05) is 313 Å². The summed E-state index contributed by atoms with van der Waals surface area (Å²) >= 11 is 0. The summed E-state index contributed by atoms with van der Waals surface area (Å²) in [5.74, 6) is -0.731. The number of aromatic nitrogens is 8. The van der Waals surface area contributed by atoms with Crippen LogP contribution in [0.15, 0.2) is 243 Å². The molecule has 0 saturated carbocycles. The summed E-state index contributed by atoms with van der Waals surface area (Å²) in [5, 5.41) is 12.9. The first-order valence-corrected chi connectivity index (χ1v) is 44.5. The van der Waals surface area contributed by atoms with E-state index in [2.05, 4.69) is 31.2 Å². The van der Waals surface area contributed by atoms with Crippen LogP contribution in [0, 0.1) is 0 Å². The Labute approximate surface area is 689 Å². The van der Waals surface area contributed by atoms with Crippen molar-refractivity contribution in [2.75, 3.05) is 0 Å². The fourth-order valence-corrected chi connectivity index (χ4v) is 12.7. The van der Waals surface area contributed by atoms with Crippen LogP contribution in [0.3, 0.4) is 0 Å². The SMILES string of the molecule is C[C@@H](NC(=O)C[n+]1ccccc1-c1c2nc(c(-c3cccc[n+]3CC(=O)N[C@H](C)c3ccccc3)c3ccc([nH]3)c(-c3cccc[n+]3CC(=O)N[C@H](C)c3ccccc3)c3nc(c(-c4cccc[n+]4CC(=O)N[C@H](C)c4ccccc4)c4ccc1[nH]4)C=C3)C=C2)c1ccccc1.F[P-](F)(F)(F)(F)F.F[P-](F)(F)(F)(F)F.F[P-](F)(F)(F)(F)F.F[P-](F)(F)(F)(F)F. The number of nitrogens with zero attached hydrogens (tertiary/aromatic N) is 6. The predicted octanol–water partition coefficient (Wildman–Crippen LogP) is 25.5. The second-order valence-corrected chi connectivity index (χ2v) is 35.7. The predicted molar refractivity (Wildman–Crippen MR) is 428 cm³/mol. The Kier molecular flexibility index (Phi) is 25.9. The van der Waals surface area contributed by atoms with E-state index in [-0.39, 0.29) is 74.0 Å². The van der Waals surface area contributed by atoms with Crippen molar-refractivity contribution in [3.63, 3.8) is 0 Å². The number of carbonyl (C=O) groups is 4.